The topological polar surface area (TPSA) is 75.4 Å². The molecule has 1 aromatic rings. The molecule has 0 aliphatic heterocycles. The molecule has 1 heterocycles. The van der Waals surface area contributed by atoms with E-state index in [2.05, 4.69) is 14.4 Å². The molecule has 0 amide bonds. The van der Waals surface area contributed by atoms with Crippen molar-refractivity contribution in [2.75, 3.05) is 6.61 Å². The van der Waals surface area contributed by atoms with Crippen LogP contribution in [0.4, 0.5) is 0 Å². The summed E-state index contributed by atoms with van der Waals surface area (Å²) in [4.78, 5) is 9.88. The van der Waals surface area contributed by atoms with Crippen LogP contribution in [0.1, 0.15) is 5.76 Å². The Morgan fingerprint density at radius 1 is 1.91 bits per heavy atom. The average molecular weight is 156 g/mol. The van der Waals surface area contributed by atoms with E-state index in [1.807, 2.05) is 0 Å². The van der Waals surface area contributed by atoms with Crippen molar-refractivity contribution in [1.82, 2.24) is 5.16 Å². The summed E-state index contributed by atoms with van der Waals surface area (Å²) in [5, 5.41) is 13.3. The molecule has 60 valence electrons. The van der Waals surface area contributed by atoms with Gasteiger partial charge in [-0.3, -0.25) is 0 Å². The zero-order valence-electron chi connectivity index (χ0n) is 5.86. The highest BCUT2D eigenvalue weighted by molar-refractivity contribution is 5.65. The molecule has 0 unspecified atom stereocenters. The van der Waals surface area contributed by atoms with Gasteiger partial charge in [-0.2, -0.15) is 0 Å². The van der Waals surface area contributed by atoms with Crippen LogP contribution in [-0.2, 0) is 4.79 Å². The number of carbonyl (C=O) groups excluding carboxylic acids is 1. The van der Waals surface area contributed by atoms with Crippen molar-refractivity contribution in [1.29, 1.82) is 0 Å². The number of ether oxygens (including phenoxy) is 1. The van der Waals surface area contributed by atoms with Crippen LogP contribution in [0.5, 0.6) is 5.88 Å². The van der Waals surface area contributed by atoms with Gasteiger partial charge in [0.25, 0.3) is 5.88 Å². The summed E-state index contributed by atoms with van der Waals surface area (Å²) in [6.45, 7) is 1.17. The zero-order chi connectivity index (χ0) is 8.27. The largest absolute Gasteiger partial charge is 0.546 e. The summed E-state index contributed by atoms with van der Waals surface area (Å²) in [5.41, 5.74) is 0. The third kappa shape index (κ3) is 2.29. The van der Waals surface area contributed by atoms with E-state index in [1.165, 1.54) is 6.07 Å². The molecule has 0 saturated carbocycles. The highest BCUT2D eigenvalue weighted by Gasteiger charge is 1.99. The Labute approximate surface area is 62.6 Å². The van der Waals surface area contributed by atoms with E-state index in [-0.39, 0.29) is 5.88 Å². The van der Waals surface area contributed by atoms with Gasteiger partial charge in [-0.1, -0.05) is 0 Å². The van der Waals surface area contributed by atoms with Crippen molar-refractivity contribution >= 4 is 5.97 Å². The number of nitrogens with zero attached hydrogens (tertiary/aromatic N) is 1. The number of rotatable bonds is 3. The van der Waals surface area contributed by atoms with Gasteiger partial charge in [-0.25, -0.2) is 0 Å². The maximum absolute atomic E-state index is 9.88. The molecule has 11 heavy (non-hydrogen) atoms. The molecule has 0 aliphatic carbocycles. The monoisotopic (exact) mass is 156 g/mol. The molecule has 1 rings (SSSR count). The summed E-state index contributed by atoms with van der Waals surface area (Å²) in [5.74, 6) is -0.560. The molecule has 0 N–H and O–H groups in total. The van der Waals surface area contributed by atoms with Crippen LogP contribution in [0.2, 0.25) is 0 Å². The maximum Gasteiger partial charge on any atom is 0.254 e. The van der Waals surface area contributed by atoms with E-state index in [1.54, 1.807) is 6.92 Å². The summed E-state index contributed by atoms with van der Waals surface area (Å²) in [6.07, 6.45) is 0. The molecular formula is C6H6NO4-. The van der Waals surface area contributed by atoms with Crippen LogP contribution < -0.4 is 9.84 Å². The molecule has 5 heteroatoms. The van der Waals surface area contributed by atoms with Crippen LogP contribution in [0.15, 0.2) is 10.6 Å². The van der Waals surface area contributed by atoms with Crippen molar-refractivity contribution in [2.24, 2.45) is 0 Å². The first-order valence-electron chi connectivity index (χ1n) is 2.94. The van der Waals surface area contributed by atoms with Gasteiger partial charge in [0.1, 0.15) is 12.4 Å². The van der Waals surface area contributed by atoms with E-state index >= 15 is 0 Å². The highest BCUT2D eigenvalue weighted by Crippen LogP contribution is 2.08. The Bertz CT molecular complexity index is 255. The molecule has 5 nitrogen and oxygen atoms in total. The molecule has 0 saturated heterocycles. The summed E-state index contributed by atoms with van der Waals surface area (Å²) >= 11 is 0. The summed E-state index contributed by atoms with van der Waals surface area (Å²) < 4.78 is 9.23. The van der Waals surface area contributed by atoms with E-state index < -0.39 is 12.6 Å². The van der Waals surface area contributed by atoms with Crippen LogP contribution >= 0.6 is 0 Å². The second kappa shape index (κ2) is 3.05. The number of carbonyl (C=O) groups is 1. The highest BCUT2D eigenvalue weighted by atomic mass is 16.5. The first kappa shape index (κ1) is 7.59. The third-order valence-electron chi connectivity index (χ3n) is 0.944. The number of hydrogen-bond donors (Lipinski definition) is 0. The lowest BCUT2D eigenvalue weighted by Gasteiger charge is -2.00. The zero-order valence-corrected chi connectivity index (χ0v) is 5.86. The first-order valence-corrected chi connectivity index (χ1v) is 2.94. The number of aryl methyl sites for hydroxylation is 1. The van der Waals surface area contributed by atoms with E-state index in [9.17, 15) is 9.90 Å². The molecule has 0 bridgehead atoms. The van der Waals surface area contributed by atoms with Crippen molar-refractivity contribution in [3.05, 3.63) is 11.8 Å². The van der Waals surface area contributed by atoms with Gasteiger partial charge in [0.15, 0.2) is 0 Å². The molecule has 0 aromatic carbocycles. The minimum absolute atomic E-state index is 0.159. The van der Waals surface area contributed by atoms with Gasteiger partial charge >= 0.3 is 0 Å². The lowest BCUT2D eigenvalue weighted by molar-refractivity contribution is -0.307. The van der Waals surface area contributed by atoms with E-state index in [0.717, 1.165) is 0 Å². The SMILES string of the molecule is Cc1cc(OCC(=O)[O-])no1. The molecule has 0 fully saturated rings. The molecule has 0 spiro atoms. The van der Waals surface area contributed by atoms with Gasteiger partial charge < -0.3 is 19.2 Å². The van der Waals surface area contributed by atoms with Gasteiger partial charge in [-0.05, 0) is 12.1 Å². The van der Waals surface area contributed by atoms with Crippen molar-refractivity contribution in [3.8, 4) is 5.88 Å². The maximum atomic E-state index is 9.88. The summed E-state index contributed by atoms with van der Waals surface area (Å²) in [7, 11) is 0. The third-order valence-corrected chi connectivity index (χ3v) is 0.944. The first-order chi connectivity index (χ1) is 5.18. The Balaban J connectivity index is 2.45. The van der Waals surface area contributed by atoms with Crippen LogP contribution in [0.3, 0.4) is 0 Å². The van der Waals surface area contributed by atoms with E-state index in [4.69, 9.17) is 0 Å². The predicted molar refractivity (Wildman–Crippen MR) is 31.7 cm³/mol. The summed E-state index contributed by atoms with van der Waals surface area (Å²) in [6, 6.07) is 1.49. The number of aromatic nitrogens is 1. The molecule has 0 radical (unpaired) electrons. The molecular weight excluding hydrogens is 150 g/mol. The minimum atomic E-state index is -1.29. The Morgan fingerprint density at radius 2 is 2.64 bits per heavy atom. The van der Waals surface area contributed by atoms with Gasteiger partial charge in [0, 0.05) is 6.07 Å². The van der Waals surface area contributed by atoms with Crippen molar-refractivity contribution in [3.63, 3.8) is 0 Å². The van der Waals surface area contributed by atoms with E-state index in [0.29, 0.717) is 5.76 Å². The van der Waals surface area contributed by atoms with Crippen molar-refractivity contribution in [2.45, 2.75) is 6.92 Å². The quantitative estimate of drug-likeness (QED) is 0.567. The number of hydrogen-bond acceptors (Lipinski definition) is 5. The average Bonchev–Trinajstić information content (AvgIpc) is 2.31. The molecule has 0 aliphatic rings. The number of carboxylic acid groups (broad SMARTS) is 1. The Hall–Kier alpha value is -1.52. The second-order valence-electron chi connectivity index (χ2n) is 1.94. The van der Waals surface area contributed by atoms with Crippen LogP contribution in [0, 0.1) is 6.92 Å². The Kier molecular flexibility index (Phi) is 2.10. The normalized spacial score (nSPS) is 9.55. The lowest BCUT2D eigenvalue weighted by Crippen LogP contribution is -2.28. The number of aliphatic carboxylic acids is 1. The van der Waals surface area contributed by atoms with Crippen LogP contribution in [0.25, 0.3) is 0 Å². The van der Waals surface area contributed by atoms with Gasteiger partial charge in [0.2, 0.25) is 0 Å². The van der Waals surface area contributed by atoms with Gasteiger partial charge in [0.05, 0.1) is 5.97 Å². The van der Waals surface area contributed by atoms with Crippen LogP contribution in [-0.4, -0.2) is 17.7 Å². The predicted octanol–water partition coefficient (Wildman–Crippen LogP) is -0.888. The standard InChI is InChI=1S/C6H7NO4/c1-4-2-5(7-11-4)10-3-6(8)9/h2H,3H2,1H3,(H,8,9)/p-1. The minimum Gasteiger partial charge on any atom is -0.546 e. The molecule has 1 aromatic heterocycles. The second-order valence-corrected chi connectivity index (χ2v) is 1.94. The fourth-order valence-corrected chi connectivity index (χ4v) is 0.544. The van der Waals surface area contributed by atoms with Crippen molar-refractivity contribution < 1.29 is 19.2 Å². The fourth-order valence-electron chi connectivity index (χ4n) is 0.544. The molecule has 0 atom stereocenters. The number of carboxylic acids is 1. The fraction of sp³-hybridized carbons (Fsp3) is 0.333. The van der Waals surface area contributed by atoms with Gasteiger partial charge in [-0.15, -0.1) is 0 Å². The lowest BCUT2D eigenvalue weighted by atomic mass is 10.5. The smallest absolute Gasteiger partial charge is 0.254 e. The Morgan fingerprint density at radius 3 is 3.09 bits per heavy atom.